The number of para-hydroxylation sites is 3. The van der Waals surface area contributed by atoms with Gasteiger partial charge in [-0.15, -0.1) is 0 Å². The molecule has 8 aromatic carbocycles. The van der Waals surface area contributed by atoms with E-state index >= 15 is 0 Å². The van der Waals surface area contributed by atoms with Gasteiger partial charge in [-0.3, -0.25) is 13.7 Å². The Morgan fingerprint density at radius 1 is 0.590 bits per heavy atom. The third-order valence-electron chi connectivity index (χ3n) is 11.1. The average molecular weight is 797 g/mol. The molecule has 11 aromatic rings. The quantitative estimate of drug-likeness (QED) is 0.119. The topological polar surface area (TPSA) is 35.9 Å². The number of pyridine rings is 1. The first-order valence-electron chi connectivity index (χ1n) is 25.0. The van der Waals surface area contributed by atoms with Gasteiger partial charge in [0.2, 0.25) is 0 Å². The molecule has 3 heterocycles. The number of rotatable bonds is 7. The molecule has 0 bridgehead atoms. The lowest BCUT2D eigenvalue weighted by Crippen LogP contribution is -2.31. The van der Waals surface area contributed by atoms with Crippen LogP contribution in [0, 0.1) is 6.33 Å². The molecular formula is C56H42N4O. The van der Waals surface area contributed by atoms with Crippen LogP contribution in [0.25, 0.3) is 83.1 Å². The molecule has 3 aromatic heterocycles. The third-order valence-corrected chi connectivity index (χ3v) is 11.1. The number of hydrogen-bond acceptors (Lipinski definition) is 2. The lowest BCUT2D eigenvalue weighted by atomic mass is 9.88. The van der Waals surface area contributed by atoms with Gasteiger partial charge in [-0.2, -0.15) is 0 Å². The van der Waals surface area contributed by atoms with Crippen molar-refractivity contribution in [1.29, 1.82) is 0 Å². The van der Waals surface area contributed by atoms with Gasteiger partial charge in [0.15, 0.2) is 0 Å². The summed E-state index contributed by atoms with van der Waals surface area (Å²) in [5.74, 6) is 1.89. The number of benzene rings is 8. The van der Waals surface area contributed by atoms with Crippen molar-refractivity contribution in [3.8, 4) is 50.9 Å². The number of hydrogen-bond donors (Lipinski definition) is 0. The highest BCUT2D eigenvalue weighted by Gasteiger charge is 2.21. The summed E-state index contributed by atoms with van der Waals surface area (Å²) in [5.41, 5.74) is 5.07. The van der Waals surface area contributed by atoms with Crippen molar-refractivity contribution >= 4 is 43.6 Å². The van der Waals surface area contributed by atoms with Gasteiger partial charge in [-0.05, 0) is 98.6 Å². The Morgan fingerprint density at radius 2 is 1.25 bits per heavy atom. The zero-order valence-corrected chi connectivity index (χ0v) is 33.5. The van der Waals surface area contributed by atoms with Gasteiger partial charge >= 0.3 is 0 Å². The predicted molar refractivity (Wildman–Crippen MR) is 249 cm³/mol. The molecule has 0 N–H and O–H groups in total. The summed E-state index contributed by atoms with van der Waals surface area (Å²) in [4.78, 5) is 4.90. The van der Waals surface area contributed by atoms with Crippen molar-refractivity contribution in [3.05, 3.63) is 212 Å². The fourth-order valence-electron chi connectivity index (χ4n) is 8.20. The SMILES string of the molecule is [2H]c1c([2H])c([2H])c(-c2cccc(-c3c([2H])c([2H])c([2H])c([2H])c3[2H])c2-[n+]2[c-]n(-c3cccc(Oc4ccc5c6cc7ccccc7cc6n(-c6cc(C(C)(C)C)ccn6)c5c4)c3)c3ccccc32)c([2H])c1[2H]. The van der Waals surface area contributed by atoms with Gasteiger partial charge in [0.1, 0.15) is 17.3 Å². The summed E-state index contributed by atoms with van der Waals surface area (Å²) < 4.78 is 99.4. The van der Waals surface area contributed by atoms with Crippen LogP contribution < -0.4 is 9.30 Å². The number of imidazole rings is 1. The molecule has 0 unspecified atom stereocenters. The van der Waals surface area contributed by atoms with Gasteiger partial charge < -0.3 is 4.74 Å². The summed E-state index contributed by atoms with van der Waals surface area (Å²) in [5, 5.41) is 4.37. The molecule has 0 atom stereocenters. The summed E-state index contributed by atoms with van der Waals surface area (Å²) in [6, 6.07) is 37.4. The Morgan fingerprint density at radius 3 is 1.98 bits per heavy atom. The van der Waals surface area contributed by atoms with Crippen molar-refractivity contribution in [2.24, 2.45) is 0 Å². The molecule has 0 amide bonds. The predicted octanol–water partition coefficient (Wildman–Crippen LogP) is 13.8. The van der Waals surface area contributed by atoms with Crippen molar-refractivity contribution in [2.75, 3.05) is 0 Å². The lowest BCUT2D eigenvalue weighted by Gasteiger charge is -2.20. The Kier molecular flexibility index (Phi) is 6.44. The van der Waals surface area contributed by atoms with Crippen LogP contribution in [0.1, 0.15) is 40.0 Å². The first kappa shape index (κ1) is 27.1. The summed E-state index contributed by atoms with van der Waals surface area (Å²) >= 11 is 0. The van der Waals surface area contributed by atoms with Crippen molar-refractivity contribution < 1.29 is 23.0 Å². The van der Waals surface area contributed by atoms with E-state index in [-0.39, 0.29) is 33.4 Å². The van der Waals surface area contributed by atoms with Crippen LogP contribution in [0.2, 0.25) is 0 Å². The van der Waals surface area contributed by atoms with Gasteiger partial charge in [0.05, 0.1) is 47.1 Å². The average Bonchev–Trinajstić information content (AvgIpc) is 3.91. The highest BCUT2D eigenvalue weighted by atomic mass is 16.5. The maximum absolute atomic E-state index is 9.02. The van der Waals surface area contributed by atoms with E-state index in [1.54, 1.807) is 27.3 Å². The minimum atomic E-state index is -0.566. The van der Waals surface area contributed by atoms with E-state index in [9.17, 15) is 0 Å². The highest BCUT2D eigenvalue weighted by molar-refractivity contribution is 6.13. The number of fused-ring (bicyclic) bond motifs is 5. The van der Waals surface area contributed by atoms with E-state index < -0.39 is 60.4 Å². The van der Waals surface area contributed by atoms with Crippen LogP contribution in [0.4, 0.5) is 0 Å². The summed E-state index contributed by atoms with van der Waals surface area (Å²) in [6.07, 6.45) is 5.31. The number of nitrogens with zero attached hydrogens (tertiary/aromatic N) is 4. The van der Waals surface area contributed by atoms with Crippen LogP contribution in [0.15, 0.2) is 200 Å². The smallest absolute Gasteiger partial charge is 0.269 e. The van der Waals surface area contributed by atoms with E-state index in [4.69, 9.17) is 23.4 Å². The zero-order valence-electron chi connectivity index (χ0n) is 43.5. The molecule has 0 aliphatic rings. The first-order chi connectivity index (χ1) is 34.0. The molecule has 0 aliphatic heterocycles. The van der Waals surface area contributed by atoms with E-state index in [1.165, 1.54) is 0 Å². The Labute approximate surface area is 369 Å². The van der Waals surface area contributed by atoms with E-state index in [0.717, 1.165) is 44.0 Å². The van der Waals surface area contributed by atoms with Crippen LogP contribution in [-0.4, -0.2) is 14.1 Å². The standard InChI is InChI=1S/C56H42N4O/c1-56(2,3)42-30-31-57-54(34-42)60-52-33-41-21-11-10-20-40(41)32-49(52)48-29-28-45(36-53(48)60)61-44-23-14-22-43(35-44)58-37-59(51-27-13-12-26-50(51)58)55-46(38-16-6-4-7-17-38)24-15-25-47(55)39-18-8-5-9-19-39/h4-36H,1-3H3/i4D,5D,6D,7D,8D,9D,16D,17D,18D,19D. The van der Waals surface area contributed by atoms with Gasteiger partial charge in [0.25, 0.3) is 6.33 Å². The molecule has 0 fully saturated rings. The van der Waals surface area contributed by atoms with Gasteiger partial charge in [0, 0.05) is 23.0 Å². The second-order valence-corrected chi connectivity index (χ2v) is 15.9. The fraction of sp³-hybridized carbons (Fsp3) is 0.0714. The Hall–Kier alpha value is -7.76. The van der Waals surface area contributed by atoms with Gasteiger partial charge in [-0.1, -0.05) is 154 Å². The first-order valence-corrected chi connectivity index (χ1v) is 20.0. The second kappa shape index (κ2) is 14.5. The van der Waals surface area contributed by atoms with Crippen LogP contribution >= 0.6 is 0 Å². The maximum Gasteiger partial charge on any atom is 0.269 e. The minimum absolute atomic E-state index is 0.107. The molecule has 61 heavy (non-hydrogen) atoms. The number of ether oxygens (including phenoxy) is 1. The maximum atomic E-state index is 9.02. The summed E-state index contributed by atoms with van der Waals surface area (Å²) in [7, 11) is 0. The zero-order chi connectivity index (χ0) is 49.8. The Balaban J connectivity index is 1.08. The van der Waals surface area contributed by atoms with Gasteiger partial charge in [-0.25, -0.2) is 4.98 Å². The normalized spacial score (nSPS) is 14.1. The fourth-order valence-corrected chi connectivity index (χ4v) is 8.20. The van der Waals surface area contributed by atoms with Crippen molar-refractivity contribution in [2.45, 2.75) is 26.2 Å². The molecule has 5 heteroatoms. The van der Waals surface area contributed by atoms with Crippen molar-refractivity contribution in [3.63, 3.8) is 0 Å². The van der Waals surface area contributed by atoms with Crippen LogP contribution in [0.3, 0.4) is 0 Å². The van der Waals surface area contributed by atoms with E-state index in [0.29, 0.717) is 28.2 Å². The largest absolute Gasteiger partial charge is 0.458 e. The molecule has 11 rings (SSSR count). The molecule has 0 spiro atoms. The second-order valence-electron chi connectivity index (χ2n) is 15.9. The van der Waals surface area contributed by atoms with E-state index in [1.807, 2.05) is 79.0 Å². The van der Waals surface area contributed by atoms with E-state index in [2.05, 4.69) is 74.1 Å². The molecule has 0 saturated carbocycles. The molecule has 0 saturated heterocycles. The third kappa shape index (κ3) is 6.43. The van der Waals surface area contributed by atoms with Crippen LogP contribution in [-0.2, 0) is 5.41 Å². The molecular weight excluding hydrogens is 745 g/mol. The molecule has 0 radical (unpaired) electrons. The minimum Gasteiger partial charge on any atom is -0.458 e. The Bertz CT molecular complexity index is 3900. The molecule has 5 nitrogen and oxygen atoms in total. The van der Waals surface area contributed by atoms with Crippen molar-refractivity contribution in [1.82, 2.24) is 14.1 Å². The molecule has 292 valence electrons. The lowest BCUT2D eigenvalue weighted by molar-refractivity contribution is -0.571. The monoisotopic (exact) mass is 796 g/mol. The highest BCUT2D eigenvalue weighted by Crippen LogP contribution is 2.39. The summed E-state index contributed by atoms with van der Waals surface area (Å²) in [6.45, 7) is 6.56. The van der Waals surface area contributed by atoms with Crippen LogP contribution in [0.5, 0.6) is 11.5 Å². The number of aromatic nitrogens is 4. The molecule has 0 aliphatic carbocycles.